The first kappa shape index (κ1) is 6.59. The molecule has 3 heteroatoms. The number of rotatable bonds is 4. The van der Waals surface area contributed by atoms with Crippen molar-refractivity contribution in [3.05, 3.63) is 0 Å². The lowest BCUT2D eigenvalue weighted by Crippen LogP contribution is -2.00. The molecule has 0 saturated carbocycles. The topological polar surface area (TPSA) is 46.5 Å². The number of aliphatic hydroxyl groups excluding tert-OH is 1. The van der Waals surface area contributed by atoms with Crippen LogP contribution in [0.15, 0.2) is 0 Å². The van der Waals surface area contributed by atoms with Gasteiger partial charge in [0.25, 0.3) is 0 Å². The normalized spacial score (nSPS) is 8.71. The van der Waals surface area contributed by atoms with E-state index in [1.165, 1.54) is 6.29 Å². The lowest BCUT2D eigenvalue weighted by atomic mass is 10.7. The zero-order valence-corrected chi connectivity index (χ0v) is 3.89. The van der Waals surface area contributed by atoms with E-state index < -0.39 is 0 Å². The van der Waals surface area contributed by atoms with Gasteiger partial charge in [-0.1, -0.05) is 0 Å². The van der Waals surface area contributed by atoms with Gasteiger partial charge in [0.1, 0.15) is 6.61 Å². The molecule has 0 aliphatic heterocycles. The molecule has 0 aliphatic carbocycles. The molecule has 7 heavy (non-hydrogen) atoms. The van der Waals surface area contributed by atoms with Crippen LogP contribution in [0.1, 0.15) is 0 Å². The van der Waals surface area contributed by atoms with Gasteiger partial charge in [-0.3, -0.25) is 4.79 Å². The fraction of sp³-hybridized carbons (Fsp3) is 0.750. The van der Waals surface area contributed by atoms with Crippen molar-refractivity contribution in [2.45, 2.75) is 0 Å². The molecule has 0 amide bonds. The molecule has 3 nitrogen and oxygen atoms in total. The van der Waals surface area contributed by atoms with Gasteiger partial charge < -0.3 is 9.84 Å². The largest absolute Gasteiger partial charge is 0.394 e. The van der Waals surface area contributed by atoms with Crippen molar-refractivity contribution in [2.24, 2.45) is 0 Å². The summed E-state index contributed by atoms with van der Waals surface area (Å²) in [5.41, 5.74) is 0. The van der Waals surface area contributed by atoms with E-state index in [-0.39, 0.29) is 19.8 Å². The number of carbonyl (C=O) groups excluding carboxylic acids is 1. The fourth-order valence-corrected chi connectivity index (χ4v) is 0.178. The first-order chi connectivity index (χ1) is 3.41. The summed E-state index contributed by atoms with van der Waals surface area (Å²) in [6.45, 7) is 0.136. The summed E-state index contributed by atoms with van der Waals surface area (Å²) in [5.74, 6) is 0. The maximum Gasteiger partial charge on any atom is 0.226 e. The third kappa shape index (κ3) is 5.59. The Hall–Kier alpha value is -0.410. The average molecular weight is 103 g/mol. The SMILES string of the molecule is O=[C]COCCO. The van der Waals surface area contributed by atoms with Gasteiger partial charge in [0.2, 0.25) is 6.29 Å². The highest BCUT2D eigenvalue weighted by Crippen LogP contribution is 1.65. The molecule has 0 fully saturated rings. The summed E-state index contributed by atoms with van der Waals surface area (Å²) in [6.07, 6.45) is 1.52. The maximum atomic E-state index is 9.35. The van der Waals surface area contributed by atoms with E-state index >= 15 is 0 Å². The molecule has 0 unspecified atom stereocenters. The van der Waals surface area contributed by atoms with E-state index in [0.717, 1.165) is 0 Å². The van der Waals surface area contributed by atoms with Crippen LogP contribution in [0.3, 0.4) is 0 Å². The van der Waals surface area contributed by atoms with Crippen molar-refractivity contribution in [3.63, 3.8) is 0 Å². The lowest BCUT2D eigenvalue weighted by Gasteiger charge is -1.89. The van der Waals surface area contributed by atoms with Gasteiger partial charge in [-0.2, -0.15) is 0 Å². The second kappa shape index (κ2) is 5.59. The average Bonchev–Trinajstić information content (AvgIpc) is 1.69. The molecule has 1 N–H and O–H groups in total. The van der Waals surface area contributed by atoms with E-state index in [9.17, 15) is 4.79 Å². The summed E-state index contributed by atoms with van der Waals surface area (Å²) in [5, 5.41) is 8.04. The monoisotopic (exact) mass is 103 g/mol. The lowest BCUT2D eigenvalue weighted by molar-refractivity contribution is 0.117. The minimum absolute atomic E-state index is 0.0400. The van der Waals surface area contributed by atoms with Gasteiger partial charge >= 0.3 is 0 Å². The molecule has 0 heterocycles. The fourth-order valence-electron chi connectivity index (χ4n) is 0.178. The van der Waals surface area contributed by atoms with Crippen LogP contribution in [-0.2, 0) is 9.53 Å². The highest BCUT2D eigenvalue weighted by atomic mass is 16.5. The third-order valence-corrected chi connectivity index (χ3v) is 0.397. The van der Waals surface area contributed by atoms with Crippen LogP contribution >= 0.6 is 0 Å². The van der Waals surface area contributed by atoms with Crippen LogP contribution in [0.5, 0.6) is 0 Å². The van der Waals surface area contributed by atoms with E-state index in [4.69, 9.17) is 5.11 Å². The number of aliphatic hydroxyl groups is 1. The molecule has 1 radical (unpaired) electrons. The molecule has 0 saturated heterocycles. The summed E-state index contributed by atoms with van der Waals surface area (Å²) < 4.78 is 4.46. The minimum Gasteiger partial charge on any atom is -0.394 e. The van der Waals surface area contributed by atoms with Crippen LogP contribution in [0, 0.1) is 0 Å². The smallest absolute Gasteiger partial charge is 0.226 e. The van der Waals surface area contributed by atoms with Crippen LogP contribution in [0.25, 0.3) is 0 Å². The van der Waals surface area contributed by atoms with E-state index in [2.05, 4.69) is 4.74 Å². The third-order valence-electron chi connectivity index (χ3n) is 0.397. The Kier molecular flexibility index (Phi) is 5.26. The van der Waals surface area contributed by atoms with Crippen LogP contribution in [0.2, 0.25) is 0 Å². The summed E-state index contributed by atoms with van der Waals surface area (Å²) in [6, 6.07) is 0. The predicted octanol–water partition coefficient (Wildman–Crippen LogP) is -0.895. The van der Waals surface area contributed by atoms with Gasteiger partial charge in [-0.05, 0) is 0 Å². The number of hydrogen-bond acceptors (Lipinski definition) is 3. The molecule has 0 bridgehead atoms. The molecular weight excluding hydrogens is 96.0 g/mol. The van der Waals surface area contributed by atoms with Crippen molar-refractivity contribution in [1.29, 1.82) is 0 Å². The van der Waals surface area contributed by atoms with Crippen molar-refractivity contribution in [2.75, 3.05) is 19.8 Å². The Balaban J connectivity index is 2.56. The molecule has 0 aliphatic rings. The zero-order chi connectivity index (χ0) is 5.54. The molecule has 0 rings (SSSR count). The standard InChI is InChI=1S/C4H7O3/c5-1-3-7-4-2-6/h5H,1,3-4H2. The Labute approximate surface area is 41.9 Å². The van der Waals surface area contributed by atoms with Crippen molar-refractivity contribution >= 4 is 6.29 Å². The highest BCUT2D eigenvalue weighted by Gasteiger charge is 1.79. The van der Waals surface area contributed by atoms with Crippen LogP contribution in [0.4, 0.5) is 0 Å². The zero-order valence-electron chi connectivity index (χ0n) is 3.89. The van der Waals surface area contributed by atoms with Gasteiger partial charge in [0, 0.05) is 0 Å². The summed E-state index contributed by atoms with van der Waals surface area (Å²) >= 11 is 0. The van der Waals surface area contributed by atoms with Gasteiger partial charge in [-0.15, -0.1) is 0 Å². The maximum absolute atomic E-state index is 9.35. The summed E-state index contributed by atoms with van der Waals surface area (Å²) in [7, 11) is 0. The van der Waals surface area contributed by atoms with E-state index in [0.29, 0.717) is 0 Å². The van der Waals surface area contributed by atoms with Crippen LogP contribution < -0.4 is 0 Å². The molecule has 41 valence electrons. The van der Waals surface area contributed by atoms with E-state index in [1.807, 2.05) is 0 Å². The predicted molar refractivity (Wildman–Crippen MR) is 23.6 cm³/mol. The summed E-state index contributed by atoms with van der Waals surface area (Å²) in [4.78, 5) is 9.35. The molecule has 0 aromatic rings. The first-order valence-electron chi connectivity index (χ1n) is 1.95. The van der Waals surface area contributed by atoms with Gasteiger partial charge in [0.05, 0.1) is 13.2 Å². The highest BCUT2D eigenvalue weighted by molar-refractivity contribution is 5.51. The van der Waals surface area contributed by atoms with E-state index in [1.54, 1.807) is 0 Å². The number of ether oxygens (including phenoxy) is 1. The van der Waals surface area contributed by atoms with Crippen molar-refractivity contribution in [1.82, 2.24) is 0 Å². The molecule has 0 aromatic carbocycles. The quantitative estimate of drug-likeness (QED) is 0.469. The van der Waals surface area contributed by atoms with Crippen molar-refractivity contribution in [3.8, 4) is 0 Å². The van der Waals surface area contributed by atoms with Gasteiger partial charge in [0.15, 0.2) is 0 Å². The molecule has 0 aromatic heterocycles. The molecular formula is C4H7O3. The minimum atomic E-state index is -0.0411. The van der Waals surface area contributed by atoms with Gasteiger partial charge in [-0.25, -0.2) is 0 Å². The Morgan fingerprint density at radius 3 is 2.86 bits per heavy atom. The van der Waals surface area contributed by atoms with Crippen LogP contribution in [-0.4, -0.2) is 31.2 Å². The second-order valence-corrected chi connectivity index (χ2v) is 0.921. The van der Waals surface area contributed by atoms with Crippen molar-refractivity contribution < 1.29 is 14.6 Å². The Morgan fingerprint density at radius 2 is 2.43 bits per heavy atom. The molecule has 0 spiro atoms. The number of hydrogen-bond donors (Lipinski definition) is 1. The Morgan fingerprint density at radius 1 is 1.71 bits per heavy atom. The second-order valence-electron chi connectivity index (χ2n) is 0.921. The Bertz CT molecular complexity index is 44.2. The first-order valence-corrected chi connectivity index (χ1v) is 1.95. The molecule has 0 atom stereocenters.